The van der Waals surface area contributed by atoms with Gasteiger partial charge in [0.15, 0.2) is 0 Å². The van der Waals surface area contributed by atoms with Gasteiger partial charge in [-0.1, -0.05) is 31.2 Å². The third-order valence-corrected chi connectivity index (χ3v) is 3.26. The zero-order valence-corrected chi connectivity index (χ0v) is 8.66. The summed E-state index contributed by atoms with van der Waals surface area (Å²) in [6.07, 6.45) is 3.51. The van der Waals surface area contributed by atoms with E-state index in [1.165, 1.54) is 24.0 Å². The molecular weight excluding hydrogens is 172 g/mol. The minimum atomic E-state index is 0.466. The fraction of sp³-hybridized carbons (Fsp3) is 0.500. The van der Waals surface area contributed by atoms with Gasteiger partial charge in [-0.05, 0) is 36.3 Å². The fourth-order valence-corrected chi connectivity index (χ4v) is 2.27. The number of hydrogen-bond acceptors (Lipinski definition) is 2. The third-order valence-electron chi connectivity index (χ3n) is 3.26. The van der Waals surface area contributed by atoms with E-state index in [2.05, 4.69) is 36.6 Å². The normalized spacial score (nSPS) is 21.1. The van der Waals surface area contributed by atoms with Crippen LogP contribution in [0.5, 0.6) is 0 Å². The molecule has 0 bridgehead atoms. The van der Waals surface area contributed by atoms with Crippen LogP contribution in [0, 0.1) is 0 Å². The number of benzene rings is 1. The monoisotopic (exact) mass is 190 g/mol. The molecule has 3 N–H and O–H groups in total. The quantitative estimate of drug-likeness (QED) is 0.562. The molecule has 0 radical (unpaired) electrons. The van der Waals surface area contributed by atoms with Crippen LogP contribution in [-0.4, -0.2) is 6.04 Å². The van der Waals surface area contributed by atoms with Gasteiger partial charge >= 0.3 is 0 Å². The van der Waals surface area contributed by atoms with Gasteiger partial charge in [0.2, 0.25) is 0 Å². The van der Waals surface area contributed by atoms with Crippen LogP contribution >= 0.6 is 0 Å². The lowest BCUT2D eigenvalue weighted by Gasteiger charge is -2.32. The molecule has 0 saturated heterocycles. The first-order valence-electron chi connectivity index (χ1n) is 5.39. The minimum Gasteiger partial charge on any atom is -0.271 e. The highest BCUT2D eigenvalue weighted by Crippen LogP contribution is 2.38. The van der Waals surface area contributed by atoms with Crippen LogP contribution in [0.15, 0.2) is 24.3 Å². The van der Waals surface area contributed by atoms with E-state index in [0.29, 0.717) is 6.04 Å². The largest absolute Gasteiger partial charge is 0.271 e. The molecule has 1 aromatic carbocycles. The Hall–Kier alpha value is -0.860. The number of rotatable bonds is 4. The maximum Gasteiger partial charge on any atom is 0.0213 e. The maximum atomic E-state index is 5.48. The molecule has 2 nitrogen and oxygen atoms in total. The summed E-state index contributed by atoms with van der Waals surface area (Å²) in [6.45, 7) is 2.18. The van der Waals surface area contributed by atoms with Gasteiger partial charge in [0.25, 0.3) is 0 Å². The van der Waals surface area contributed by atoms with E-state index in [0.717, 1.165) is 12.3 Å². The van der Waals surface area contributed by atoms with E-state index in [-0.39, 0.29) is 0 Å². The molecule has 2 heteroatoms. The molecule has 76 valence electrons. The molecule has 0 spiro atoms. The average Bonchev–Trinajstić information content (AvgIpc) is 2.20. The zero-order chi connectivity index (χ0) is 9.97. The smallest absolute Gasteiger partial charge is 0.0213 e. The van der Waals surface area contributed by atoms with E-state index in [9.17, 15) is 0 Å². The molecule has 0 fully saturated rings. The molecule has 0 aliphatic heterocycles. The molecule has 1 aliphatic rings. The van der Waals surface area contributed by atoms with Gasteiger partial charge < -0.3 is 0 Å². The number of nitrogens with one attached hydrogen (secondary N) is 1. The Labute approximate surface area is 85.5 Å². The van der Waals surface area contributed by atoms with Gasteiger partial charge in [-0.2, -0.15) is 0 Å². The Morgan fingerprint density at radius 1 is 1.50 bits per heavy atom. The van der Waals surface area contributed by atoms with Crippen LogP contribution in [0.4, 0.5) is 0 Å². The van der Waals surface area contributed by atoms with Crippen LogP contribution < -0.4 is 11.3 Å². The van der Waals surface area contributed by atoms with Crippen LogP contribution in [0.3, 0.4) is 0 Å². The van der Waals surface area contributed by atoms with Crippen molar-refractivity contribution in [3.63, 3.8) is 0 Å². The van der Waals surface area contributed by atoms with Crippen LogP contribution in [-0.2, 0) is 6.42 Å². The van der Waals surface area contributed by atoms with Crippen molar-refractivity contribution >= 4 is 0 Å². The average molecular weight is 190 g/mol. The van der Waals surface area contributed by atoms with Crippen molar-refractivity contribution in [1.29, 1.82) is 0 Å². The number of hydrogen-bond donors (Lipinski definition) is 2. The topological polar surface area (TPSA) is 38.0 Å². The first kappa shape index (κ1) is 9.69. The summed E-state index contributed by atoms with van der Waals surface area (Å²) in [5.41, 5.74) is 5.93. The fourth-order valence-electron chi connectivity index (χ4n) is 2.27. The lowest BCUT2D eigenvalue weighted by molar-refractivity contribution is 0.415. The SMILES string of the molecule is CCC(CC1Cc2ccccc21)NN. The van der Waals surface area contributed by atoms with Crippen molar-refractivity contribution in [3.8, 4) is 0 Å². The van der Waals surface area contributed by atoms with Crippen LogP contribution in [0.1, 0.15) is 36.8 Å². The number of nitrogens with two attached hydrogens (primary N) is 1. The highest BCUT2D eigenvalue weighted by Gasteiger charge is 2.26. The molecule has 2 atom stereocenters. The van der Waals surface area contributed by atoms with Crippen molar-refractivity contribution in [2.24, 2.45) is 5.84 Å². The summed E-state index contributed by atoms with van der Waals surface area (Å²) in [7, 11) is 0. The second-order valence-corrected chi connectivity index (χ2v) is 4.11. The summed E-state index contributed by atoms with van der Waals surface area (Å²) < 4.78 is 0. The summed E-state index contributed by atoms with van der Waals surface area (Å²) >= 11 is 0. The summed E-state index contributed by atoms with van der Waals surface area (Å²) in [6, 6.07) is 9.18. The van der Waals surface area contributed by atoms with Crippen LogP contribution in [0.2, 0.25) is 0 Å². The molecule has 0 saturated carbocycles. The minimum absolute atomic E-state index is 0.466. The van der Waals surface area contributed by atoms with Crippen LogP contribution in [0.25, 0.3) is 0 Å². The molecule has 14 heavy (non-hydrogen) atoms. The first-order valence-corrected chi connectivity index (χ1v) is 5.39. The predicted molar refractivity (Wildman–Crippen MR) is 58.9 cm³/mol. The van der Waals surface area contributed by atoms with Crippen molar-refractivity contribution in [3.05, 3.63) is 35.4 Å². The molecule has 0 heterocycles. The number of hydrazine groups is 1. The summed E-state index contributed by atoms with van der Waals surface area (Å²) in [5.74, 6) is 6.21. The van der Waals surface area contributed by atoms with E-state index in [1.54, 1.807) is 0 Å². The first-order chi connectivity index (χ1) is 6.85. The summed E-state index contributed by atoms with van der Waals surface area (Å²) in [5, 5.41) is 0. The highest BCUT2D eigenvalue weighted by atomic mass is 15.2. The standard InChI is InChI=1S/C12H18N2/c1-2-11(14-13)8-10-7-9-5-3-4-6-12(9)10/h3-6,10-11,14H,2,7-8,13H2,1H3. The third kappa shape index (κ3) is 1.68. The van der Waals surface area contributed by atoms with Crippen molar-refractivity contribution < 1.29 is 0 Å². The van der Waals surface area contributed by atoms with E-state index < -0.39 is 0 Å². The Morgan fingerprint density at radius 3 is 2.93 bits per heavy atom. The predicted octanol–water partition coefficient (Wildman–Crippen LogP) is 1.96. The Bertz CT molecular complexity index is 305. The van der Waals surface area contributed by atoms with Gasteiger partial charge in [0.1, 0.15) is 0 Å². The molecule has 2 rings (SSSR count). The Morgan fingerprint density at radius 2 is 2.29 bits per heavy atom. The van der Waals surface area contributed by atoms with E-state index in [4.69, 9.17) is 5.84 Å². The maximum absolute atomic E-state index is 5.48. The zero-order valence-electron chi connectivity index (χ0n) is 8.66. The second-order valence-electron chi connectivity index (χ2n) is 4.11. The van der Waals surface area contributed by atoms with Crippen molar-refractivity contribution in [2.75, 3.05) is 0 Å². The van der Waals surface area contributed by atoms with Gasteiger partial charge in [0.05, 0.1) is 0 Å². The van der Waals surface area contributed by atoms with E-state index in [1.807, 2.05) is 0 Å². The molecule has 2 unspecified atom stereocenters. The number of fused-ring (bicyclic) bond motifs is 1. The van der Waals surface area contributed by atoms with Crippen molar-refractivity contribution in [2.45, 2.75) is 38.1 Å². The molecular formula is C12H18N2. The van der Waals surface area contributed by atoms with Gasteiger partial charge in [0, 0.05) is 6.04 Å². The lowest BCUT2D eigenvalue weighted by Crippen LogP contribution is -2.37. The molecule has 1 aromatic rings. The van der Waals surface area contributed by atoms with Gasteiger partial charge in [-0.25, -0.2) is 0 Å². The van der Waals surface area contributed by atoms with Gasteiger partial charge in [-0.3, -0.25) is 11.3 Å². The molecule has 1 aliphatic carbocycles. The molecule has 0 amide bonds. The van der Waals surface area contributed by atoms with Gasteiger partial charge in [-0.15, -0.1) is 0 Å². The second kappa shape index (κ2) is 4.11. The Balaban J connectivity index is 1.98. The Kier molecular flexibility index (Phi) is 2.85. The molecule has 0 aromatic heterocycles. The van der Waals surface area contributed by atoms with Crippen molar-refractivity contribution in [1.82, 2.24) is 5.43 Å². The lowest BCUT2D eigenvalue weighted by atomic mass is 9.74. The highest BCUT2D eigenvalue weighted by molar-refractivity contribution is 5.39. The summed E-state index contributed by atoms with van der Waals surface area (Å²) in [4.78, 5) is 0. The van der Waals surface area contributed by atoms with E-state index >= 15 is 0 Å².